The van der Waals surface area contributed by atoms with Crippen LogP contribution in [0.4, 0.5) is 0 Å². The second kappa shape index (κ2) is 7.47. The van der Waals surface area contributed by atoms with Gasteiger partial charge in [-0.05, 0) is 24.1 Å². The molecule has 1 saturated heterocycles. The SMILES string of the molecule is Cc1ccc(CN2CC(C(=O)N(C)Cc3cccnc3)CC2=O)cc1. The van der Waals surface area contributed by atoms with Crippen LogP contribution in [0.3, 0.4) is 0 Å². The smallest absolute Gasteiger partial charge is 0.228 e. The first-order valence-corrected chi connectivity index (χ1v) is 8.50. The number of aromatic nitrogens is 1. The van der Waals surface area contributed by atoms with Crippen molar-refractivity contribution in [1.29, 1.82) is 0 Å². The molecule has 1 aromatic carbocycles. The van der Waals surface area contributed by atoms with Crippen molar-refractivity contribution in [3.63, 3.8) is 0 Å². The van der Waals surface area contributed by atoms with Crippen LogP contribution < -0.4 is 0 Å². The van der Waals surface area contributed by atoms with Crippen LogP contribution in [0, 0.1) is 12.8 Å². The Bertz CT molecular complexity index is 743. The van der Waals surface area contributed by atoms with Crippen LogP contribution in [0.5, 0.6) is 0 Å². The summed E-state index contributed by atoms with van der Waals surface area (Å²) in [5.41, 5.74) is 3.27. The van der Waals surface area contributed by atoms with Gasteiger partial charge in [-0.15, -0.1) is 0 Å². The highest BCUT2D eigenvalue weighted by molar-refractivity contribution is 5.89. The van der Waals surface area contributed by atoms with E-state index in [4.69, 9.17) is 0 Å². The maximum atomic E-state index is 12.7. The normalized spacial score (nSPS) is 17.0. The first-order chi connectivity index (χ1) is 12.0. The van der Waals surface area contributed by atoms with Crippen molar-refractivity contribution in [2.24, 2.45) is 5.92 Å². The van der Waals surface area contributed by atoms with Gasteiger partial charge in [0.15, 0.2) is 0 Å². The molecule has 0 saturated carbocycles. The molecule has 130 valence electrons. The fourth-order valence-corrected chi connectivity index (χ4v) is 3.16. The Balaban J connectivity index is 1.59. The standard InChI is InChI=1S/C20H23N3O2/c1-15-5-7-16(8-6-15)13-23-14-18(10-19(23)24)20(25)22(2)12-17-4-3-9-21-11-17/h3-9,11,18H,10,12-14H2,1-2H3. The minimum atomic E-state index is -0.264. The number of carbonyl (C=O) groups is 2. The van der Waals surface area contributed by atoms with E-state index in [0.29, 0.717) is 26.1 Å². The molecule has 2 heterocycles. The molecule has 2 aromatic rings. The molecule has 0 aliphatic carbocycles. The molecule has 0 spiro atoms. The highest BCUT2D eigenvalue weighted by atomic mass is 16.2. The number of hydrogen-bond donors (Lipinski definition) is 0. The highest BCUT2D eigenvalue weighted by Gasteiger charge is 2.35. The molecule has 1 atom stereocenters. The van der Waals surface area contributed by atoms with Crippen LogP contribution >= 0.6 is 0 Å². The third-order valence-corrected chi connectivity index (χ3v) is 4.58. The first-order valence-electron chi connectivity index (χ1n) is 8.50. The van der Waals surface area contributed by atoms with Gasteiger partial charge in [0.2, 0.25) is 11.8 Å². The lowest BCUT2D eigenvalue weighted by Gasteiger charge is -2.21. The number of rotatable bonds is 5. The molecule has 1 aliphatic rings. The molecule has 0 radical (unpaired) electrons. The summed E-state index contributed by atoms with van der Waals surface area (Å²) in [6.07, 6.45) is 3.76. The molecule has 0 N–H and O–H groups in total. The lowest BCUT2D eigenvalue weighted by Crippen LogP contribution is -2.34. The third-order valence-electron chi connectivity index (χ3n) is 4.58. The van der Waals surface area contributed by atoms with Crippen molar-refractivity contribution < 1.29 is 9.59 Å². The second-order valence-corrected chi connectivity index (χ2v) is 6.72. The van der Waals surface area contributed by atoms with E-state index < -0.39 is 0 Å². The van der Waals surface area contributed by atoms with E-state index in [0.717, 1.165) is 11.1 Å². The minimum absolute atomic E-state index is 0.0172. The van der Waals surface area contributed by atoms with E-state index in [1.165, 1.54) is 5.56 Å². The Hall–Kier alpha value is -2.69. The Kier molecular flexibility index (Phi) is 5.12. The molecule has 5 heteroatoms. The number of aryl methyl sites for hydroxylation is 1. The van der Waals surface area contributed by atoms with Crippen LogP contribution in [-0.4, -0.2) is 40.2 Å². The molecule has 25 heavy (non-hydrogen) atoms. The van der Waals surface area contributed by atoms with Gasteiger partial charge >= 0.3 is 0 Å². The van der Waals surface area contributed by atoms with Gasteiger partial charge in [0.1, 0.15) is 0 Å². The molecule has 2 amide bonds. The number of nitrogens with zero attached hydrogens (tertiary/aromatic N) is 3. The van der Waals surface area contributed by atoms with E-state index in [1.54, 1.807) is 29.2 Å². The number of likely N-dealkylation sites (tertiary alicyclic amines) is 1. The predicted molar refractivity (Wildman–Crippen MR) is 95.4 cm³/mol. The van der Waals surface area contributed by atoms with Crippen LogP contribution in [0.1, 0.15) is 23.1 Å². The molecule has 0 bridgehead atoms. The monoisotopic (exact) mass is 337 g/mol. The largest absolute Gasteiger partial charge is 0.341 e. The molecular formula is C20H23N3O2. The van der Waals surface area contributed by atoms with Gasteiger partial charge in [-0.3, -0.25) is 14.6 Å². The predicted octanol–water partition coefficient (Wildman–Crippen LogP) is 2.40. The molecule has 1 aromatic heterocycles. The van der Waals surface area contributed by atoms with Crippen molar-refractivity contribution in [2.45, 2.75) is 26.4 Å². The maximum Gasteiger partial charge on any atom is 0.228 e. The maximum absolute atomic E-state index is 12.7. The van der Waals surface area contributed by atoms with Gasteiger partial charge in [0, 0.05) is 45.5 Å². The summed E-state index contributed by atoms with van der Waals surface area (Å²) in [5, 5.41) is 0. The van der Waals surface area contributed by atoms with E-state index in [-0.39, 0.29) is 17.7 Å². The van der Waals surface area contributed by atoms with Crippen molar-refractivity contribution in [2.75, 3.05) is 13.6 Å². The van der Waals surface area contributed by atoms with Crippen molar-refractivity contribution in [1.82, 2.24) is 14.8 Å². The summed E-state index contributed by atoms with van der Waals surface area (Å²) in [6.45, 7) is 3.60. The van der Waals surface area contributed by atoms with E-state index >= 15 is 0 Å². The average molecular weight is 337 g/mol. The molecular weight excluding hydrogens is 314 g/mol. The number of amides is 2. The zero-order chi connectivity index (χ0) is 17.8. The van der Waals surface area contributed by atoms with Gasteiger partial charge in [-0.1, -0.05) is 35.9 Å². The topological polar surface area (TPSA) is 53.5 Å². The van der Waals surface area contributed by atoms with E-state index in [2.05, 4.69) is 4.98 Å². The Morgan fingerprint density at radius 2 is 2.00 bits per heavy atom. The molecule has 1 fully saturated rings. The van der Waals surface area contributed by atoms with E-state index in [1.807, 2.05) is 43.3 Å². The fourth-order valence-electron chi connectivity index (χ4n) is 3.16. The lowest BCUT2D eigenvalue weighted by molar-refractivity contribution is -0.135. The summed E-state index contributed by atoms with van der Waals surface area (Å²) in [7, 11) is 1.78. The average Bonchev–Trinajstić information content (AvgIpc) is 2.98. The minimum Gasteiger partial charge on any atom is -0.341 e. The van der Waals surface area contributed by atoms with E-state index in [9.17, 15) is 9.59 Å². The summed E-state index contributed by atoms with van der Waals surface area (Å²) in [6, 6.07) is 12.0. The number of benzene rings is 1. The fraction of sp³-hybridized carbons (Fsp3) is 0.350. The van der Waals surface area contributed by atoms with Crippen LogP contribution in [-0.2, 0) is 22.7 Å². The Labute approximate surface area is 148 Å². The Morgan fingerprint density at radius 1 is 1.24 bits per heavy atom. The van der Waals surface area contributed by atoms with Gasteiger partial charge in [-0.2, -0.15) is 0 Å². The quantitative estimate of drug-likeness (QED) is 0.842. The van der Waals surface area contributed by atoms with Crippen LogP contribution in [0.2, 0.25) is 0 Å². The van der Waals surface area contributed by atoms with Gasteiger partial charge in [-0.25, -0.2) is 0 Å². The van der Waals surface area contributed by atoms with Crippen LogP contribution in [0.25, 0.3) is 0 Å². The lowest BCUT2D eigenvalue weighted by atomic mass is 10.1. The van der Waals surface area contributed by atoms with Crippen molar-refractivity contribution in [3.8, 4) is 0 Å². The zero-order valence-electron chi connectivity index (χ0n) is 14.7. The van der Waals surface area contributed by atoms with Crippen molar-refractivity contribution in [3.05, 3.63) is 65.5 Å². The molecule has 1 unspecified atom stereocenters. The van der Waals surface area contributed by atoms with Crippen LogP contribution in [0.15, 0.2) is 48.8 Å². The molecule has 1 aliphatic heterocycles. The highest BCUT2D eigenvalue weighted by Crippen LogP contribution is 2.22. The van der Waals surface area contributed by atoms with Gasteiger partial charge in [0.25, 0.3) is 0 Å². The van der Waals surface area contributed by atoms with Gasteiger partial charge < -0.3 is 9.80 Å². The zero-order valence-corrected chi connectivity index (χ0v) is 14.7. The first kappa shape index (κ1) is 17.1. The number of carbonyl (C=O) groups excluding carboxylic acids is 2. The summed E-state index contributed by atoms with van der Waals surface area (Å²) in [4.78, 5) is 32.5. The number of pyridine rings is 1. The summed E-state index contributed by atoms with van der Waals surface area (Å²) >= 11 is 0. The third kappa shape index (κ3) is 4.24. The molecule has 5 nitrogen and oxygen atoms in total. The second-order valence-electron chi connectivity index (χ2n) is 6.72. The summed E-state index contributed by atoms with van der Waals surface area (Å²) < 4.78 is 0. The summed E-state index contributed by atoms with van der Waals surface area (Å²) in [5.74, 6) is -0.197. The van der Waals surface area contributed by atoms with Crippen molar-refractivity contribution >= 4 is 11.8 Å². The van der Waals surface area contributed by atoms with Gasteiger partial charge in [0.05, 0.1) is 5.92 Å². The number of hydrogen-bond acceptors (Lipinski definition) is 3. The Morgan fingerprint density at radius 3 is 2.68 bits per heavy atom. The molecule has 3 rings (SSSR count).